The Morgan fingerprint density at radius 2 is 1.78 bits per heavy atom. The van der Waals surface area contributed by atoms with Crippen molar-refractivity contribution in [1.82, 2.24) is 0 Å². The molecule has 1 amide bonds. The SMILES string of the molecule is COC(=O)[C@H]1[C@H](c2ccccc2)CC(=O)N1c1ccccc1-c1cccs1. The number of hydrogen-bond acceptors (Lipinski definition) is 4. The van der Waals surface area contributed by atoms with Crippen LogP contribution in [0.4, 0.5) is 5.69 Å². The second-order valence-electron chi connectivity index (χ2n) is 6.45. The molecule has 0 aliphatic carbocycles. The van der Waals surface area contributed by atoms with E-state index in [-0.39, 0.29) is 18.2 Å². The standard InChI is InChI=1S/C22H19NO3S/c1-26-22(25)21-17(15-8-3-2-4-9-15)14-20(24)23(21)18-11-6-5-10-16(18)19-12-7-13-27-19/h2-13,17,21H,14H2,1H3/t17-,21+/m0/s1. The summed E-state index contributed by atoms with van der Waals surface area (Å²) >= 11 is 1.61. The van der Waals surface area contributed by atoms with Crippen molar-refractivity contribution in [1.29, 1.82) is 0 Å². The maximum Gasteiger partial charge on any atom is 0.329 e. The highest BCUT2D eigenvalue weighted by molar-refractivity contribution is 7.13. The number of esters is 1. The van der Waals surface area contributed by atoms with Crippen LogP contribution >= 0.6 is 11.3 Å². The minimum absolute atomic E-state index is 0.0664. The molecule has 0 spiro atoms. The van der Waals surface area contributed by atoms with Gasteiger partial charge in [-0.05, 0) is 23.1 Å². The molecule has 0 saturated carbocycles. The van der Waals surface area contributed by atoms with Gasteiger partial charge in [0.15, 0.2) is 0 Å². The van der Waals surface area contributed by atoms with Crippen molar-refractivity contribution in [3.63, 3.8) is 0 Å². The molecule has 5 heteroatoms. The molecule has 0 bridgehead atoms. The van der Waals surface area contributed by atoms with Crippen molar-refractivity contribution >= 4 is 28.9 Å². The summed E-state index contributed by atoms with van der Waals surface area (Å²) in [6.07, 6.45) is 0.280. The van der Waals surface area contributed by atoms with Crippen molar-refractivity contribution in [2.24, 2.45) is 0 Å². The van der Waals surface area contributed by atoms with Crippen LogP contribution in [0.5, 0.6) is 0 Å². The lowest BCUT2D eigenvalue weighted by Gasteiger charge is -2.28. The average Bonchev–Trinajstić information content (AvgIpc) is 3.36. The number of carbonyl (C=O) groups excluding carboxylic acids is 2. The lowest BCUT2D eigenvalue weighted by atomic mass is 9.91. The Morgan fingerprint density at radius 3 is 2.48 bits per heavy atom. The minimum Gasteiger partial charge on any atom is -0.467 e. The van der Waals surface area contributed by atoms with Crippen LogP contribution in [-0.4, -0.2) is 25.0 Å². The second-order valence-corrected chi connectivity index (χ2v) is 7.40. The molecule has 136 valence electrons. The van der Waals surface area contributed by atoms with E-state index in [1.165, 1.54) is 7.11 Å². The van der Waals surface area contributed by atoms with Crippen LogP contribution in [0, 0.1) is 0 Å². The van der Waals surface area contributed by atoms with Gasteiger partial charge in [-0.25, -0.2) is 4.79 Å². The van der Waals surface area contributed by atoms with E-state index in [2.05, 4.69) is 0 Å². The van der Waals surface area contributed by atoms with E-state index < -0.39 is 12.0 Å². The Kier molecular flexibility index (Phi) is 4.77. The molecule has 2 heterocycles. The van der Waals surface area contributed by atoms with Crippen LogP contribution in [-0.2, 0) is 14.3 Å². The summed E-state index contributed by atoms with van der Waals surface area (Å²) in [4.78, 5) is 28.4. The van der Waals surface area contributed by atoms with Crippen LogP contribution < -0.4 is 4.90 Å². The predicted octanol–water partition coefficient (Wildman–Crippen LogP) is 4.48. The third-order valence-electron chi connectivity index (χ3n) is 4.94. The van der Waals surface area contributed by atoms with Gasteiger partial charge in [0.2, 0.25) is 5.91 Å². The third kappa shape index (κ3) is 3.15. The van der Waals surface area contributed by atoms with E-state index in [0.717, 1.165) is 21.7 Å². The van der Waals surface area contributed by atoms with Crippen molar-refractivity contribution in [2.45, 2.75) is 18.4 Å². The summed E-state index contributed by atoms with van der Waals surface area (Å²) in [7, 11) is 1.37. The smallest absolute Gasteiger partial charge is 0.329 e. The van der Waals surface area contributed by atoms with Gasteiger partial charge in [-0.1, -0.05) is 54.6 Å². The highest BCUT2D eigenvalue weighted by atomic mass is 32.1. The first-order valence-corrected chi connectivity index (χ1v) is 9.66. The molecule has 4 rings (SSSR count). The van der Waals surface area contributed by atoms with E-state index in [1.54, 1.807) is 16.2 Å². The second kappa shape index (κ2) is 7.37. The van der Waals surface area contributed by atoms with Crippen molar-refractivity contribution < 1.29 is 14.3 Å². The Bertz CT molecular complexity index is 953. The first kappa shape index (κ1) is 17.5. The van der Waals surface area contributed by atoms with Gasteiger partial charge in [0.25, 0.3) is 0 Å². The Balaban J connectivity index is 1.83. The molecule has 0 radical (unpaired) electrons. The van der Waals surface area contributed by atoms with Gasteiger partial charge in [0.05, 0.1) is 12.8 Å². The van der Waals surface area contributed by atoms with Gasteiger partial charge in [0, 0.05) is 22.8 Å². The molecule has 2 aromatic carbocycles. The van der Waals surface area contributed by atoms with Gasteiger partial charge in [0.1, 0.15) is 6.04 Å². The van der Waals surface area contributed by atoms with Gasteiger partial charge in [-0.2, -0.15) is 0 Å². The zero-order valence-electron chi connectivity index (χ0n) is 14.9. The zero-order chi connectivity index (χ0) is 18.8. The molecule has 27 heavy (non-hydrogen) atoms. The van der Waals surface area contributed by atoms with E-state index >= 15 is 0 Å². The Morgan fingerprint density at radius 1 is 1.04 bits per heavy atom. The Hall–Kier alpha value is -2.92. The van der Waals surface area contributed by atoms with E-state index in [0.29, 0.717) is 0 Å². The molecule has 1 fully saturated rings. The number of nitrogens with zero attached hydrogens (tertiary/aromatic N) is 1. The highest BCUT2D eigenvalue weighted by Gasteiger charge is 2.47. The van der Waals surface area contributed by atoms with Gasteiger partial charge < -0.3 is 4.74 Å². The predicted molar refractivity (Wildman–Crippen MR) is 107 cm³/mol. The van der Waals surface area contributed by atoms with Crippen molar-refractivity contribution in [3.05, 3.63) is 77.7 Å². The summed E-state index contributed by atoms with van der Waals surface area (Å²) in [5, 5.41) is 2.00. The summed E-state index contributed by atoms with van der Waals surface area (Å²) in [6, 6.07) is 20.7. The number of para-hydroxylation sites is 1. The summed E-state index contributed by atoms with van der Waals surface area (Å²) in [6.45, 7) is 0. The molecule has 1 aliphatic heterocycles. The quantitative estimate of drug-likeness (QED) is 0.630. The van der Waals surface area contributed by atoms with Crippen molar-refractivity contribution in [3.8, 4) is 10.4 Å². The molecule has 1 saturated heterocycles. The normalized spacial score (nSPS) is 19.3. The maximum atomic E-state index is 13.0. The molecule has 1 aromatic heterocycles. The average molecular weight is 377 g/mol. The van der Waals surface area contributed by atoms with Crippen LogP contribution in [0.25, 0.3) is 10.4 Å². The number of anilines is 1. The fourth-order valence-electron chi connectivity index (χ4n) is 3.73. The maximum absolute atomic E-state index is 13.0. The van der Waals surface area contributed by atoms with E-state index in [9.17, 15) is 9.59 Å². The summed E-state index contributed by atoms with van der Waals surface area (Å²) in [5.41, 5.74) is 2.67. The van der Waals surface area contributed by atoms with Crippen LogP contribution in [0.2, 0.25) is 0 Å². The molecule has 0 N–H and O–H groups in total. The fraction of sp³-hybridized carbons (Fsp3) is 0.182. The van der Waals surface area contributed by atoms with E-state index in [4.69, 9.17) is 4.74 Å². The van der Waals surface area contributed by atoms with Gasteiger partial charge in [-0.3, -0.25) is 9.69 Å². The molecule has 3 aromatic rings. The van der Waals surface area contributed by atoms with E-state index in [1.807, 2.05) is 72.1 Å². The molecular weight excluding hydrogens is 358 g/mol. The lowest BCUT2D eigenvalue weighted by molar-refractivity contribution is -0.142. The number of carbonyl (C=O) groups is 2. The van der Waals surface area contributed by atoms with Crippen LogP contribution in [0.1, 0.15) is 17.9 Å². The fourth-order valence-corrected chi connectivity index (χ4v) is 4.49. The molecular formula is C22H19NO3S. The molecule has 0 unspecified atom stereocenters. The zero-order valence-corrected chi connectivity index (χ0v) is 15.7. The van der Waals surface area contributed by atoms with Crippen LogP contribution in [0.3, 0.4) is 0 Å². The third-order valence-corrected chi connectivity index (χ3v) is 5.85. The van der Waals surface area contributed by atoms with Gasteiger partial charge in [-0.15, -0.1) is 11.3 Å². The number of methoxy groups -OCH3 is 1. The largest absolute Gasteiger partial charge is 0.467 e. The number of thiophene rings is 1. The topological polar surface area (TPSA) is 46.6 Å². The molecule has 1 aliphatic rings. The Labute approximate surface area is 162 Å². The number of rotatable bonds is 4. The minimum atomic E-state index is -0.675. The summed E-state index contributed by atoms with van der Waals surface area (Å²) in [5.74, 6) is -0.693. The van der Waals surface area contributed by atoms with Crippen LogP contribution in [0.15, 0.2) is 72.1 Å². The van der Waals surface area contributed by atoms with Crippen molar-refractivity contribution in [2.75, 3.05) is 12.0 Å². The first-order chi connectivity index (χ1) is 13.2. The molecule has 2 atom stereocenters. The number of amides is 1. The summed E-state index contributed by atoms with van der Waals surface area (Å²) < 4.78 is 5.09. The number of benzene rings is 2. The molecule has 4 nitrogen and oxygen atoms in total. The monoisotopic (exact) mass is 377 g/mol. The lowest BCUT2D eigenvalue weighted by Crippen LogP contribution is -2.42. The van der Waals surface area contributed by atoms with Gasteiger partial charge >= 0.3 is 5.97 Å². The number of ether oxygens (including phenoxy) is 1. The highest BCUT2D eigenvalue weighted by Crippen LogP contribution is 2.42. The first-order valence-electron chi connectivity index (χ1n) is 8.78. The number of hydrogen-bond donors (Lipinski definition) is 0.